The van der Waals surface area contributed by atoms with Crippen molar-refractivity contribution in [2.45, 2.75) is 32.1 Å². The Hall–Kier alpha value is -1.36. The van der Waals surface area contributed by atoms with E-state index in [1.165, 1.54) is 0 Å². The molecule has 0 atom stereocenters. The standard InChI is InChI=1S/C13H22N4O/c1-17(2)9-4-3-7-11-15-10-6-5-8-14-13(18)12(10)16-11/h3-9H2,1-2H3,(H,14,18)(H,15,16). The topological polar surface area (TPSA) is 61.0 Å². The van der Waals surface area contributed by atoms with Gasteiger partial charge in [-0.25, -0.2) is 4.98 Å². The summed E-state index contributed by atoms with van der Waals surface area (Å²) in [7, 11) is 4.17. The number of H-pyrrole nitrogens is 1. The SMILES string of the molecule is CN(C)CCCCc1nc2c([nH]1)CCCNC2=O. The van der Waals surface area contributed by atoms with Crippen LogP contribution in [0, 0.1) is 0 Å². The van der Waals surface area contributed by atoms with E-state index < -0.39 is 0 Å². The van der Waals surface area contributed by atoms with Crippen molar-refractivity contribution in [1.82, 2.24) is 20.2 Å². The van der Waals surface area contributed by atoms with Gasteiger partial charge in [-0.05, 0) is 46.3 Å². The molecule has 5 heteroatoms. The molecular formula is C13H22N4O. The van der Waals surface area contributed by atoms with Crippen molar-refractivity contribution >= 4 is 5.91 Å². The summed E-state index contributed by atoms with van der Waals surface area (Å²) in [5, 5.41) is 2.87. The summed E-state index contributed by atoms with van der Waals surface area (Å²) in [6, 6.07) is 0. The Morgan fingerprint density at radius 2 is 2.17 bits per heavy atom. The van der Waals surface area contributed by atoms with Crippen molar-refractivity contribution in [2.75, 3.05) is 27.2 Å². The average Bonchev–Trinajstić information content (AvgIpc) is 2.66. The zero-order chi connectivity index (χ0) is 13.0. The Balaban J connectivity index is 1.91. The number of carbonyl (C=O) groups is 1. The number of hydrogen-bond donors (Lipinski definition) is 2. The Labute approximate surface area is 108 Å². The smallest absolute Gasteiger partial charge is 0.271 e. The van der Waals surface area contributed by atoms with E-state index in [9.17, 15) is 4.79 Å². The number of unbranched alkanes of at least 4 members (excludes halogenated alkanes) is 1. The van der Waals surface area contributed by atoms with Crippen LogP contribution < -0.4 is 5.32 Å². The fourth-order valence-electron chi connectivity index (χ4n) is 2.22. The molecule has 1 aromatic rings. The lowest BCUT2D eigenvalue weighted by Gasteiger charge is -2.07. The van der Waals surface area contributed by atoms with E-state index >= 15 is 0 Å². The van der Waals surface area contributed by atoms with Crippen LogP contribution in [0.25, 0.3) is 0 Å². The molecule has 0 aromatic carbocycles. The number of aryl methyl sites for hydroxylation is 2. The van der Waals surface area contributed by atoms with Crippen LogP contribution in [0.4, 0.5) is 0 Å². The third-order valence-electron chi connectivity index (χ3n) is 3.20. The molecule has 1 aromatic heterocycles. The molecule has 0 spiro atoms. The Kier molecular flexibility index (Phi) is 4.36. The molecule has 0 radical (unpaired) electrons. The van der Waals surface area contributed by atoms with Crippen molar-refractivity contribution < 1.29 is 4.79 Å². The van der Waals surface area contributed by atoms with Crippen LogP contribution in [0.5, 0.6) is 0 Å². The quantitative estimate of drug-likeness (QED) is 0.766. The summed E-state index contributed by atoms with van der Waals surface area (Å²) < 4.78 is 0. The first kappa shape index (κ1) is 13.1. The average molecular weight is 250 g/mol. The Bertz CT molecular complexity index is 411. The molecule has 0 fully saturated rings. The van der Waals surface area contributed by atoms with Gasteiger partial charge in [-0.2, -0.15) is 0 Å². The van der Waals surface area contributed by atoms with E-state index in [0.29, 0.717) is 5.69 Å². The predicted molar refractivity (Wildman–Crippen MR) is 70.7 cm³/mol. The summed E-state index contributed by atoms with van der Waals surface area (Å²) in [5.41, 5.74) is 1.61. The maximum atomic E-state index is 11.7. The lowest BCUT2D eigenvalue weighted by atomic mass is 10.2. The molecular weight excluding hydrogens is 228 g/mol. The summed E-state index contributed by atoms with van der Waals surface area (Å²) in [6.45, 7) is 1.85. The third-order valence-corrected chi connectivity index (χ3v) is 3.20. The number of hydrogen-bond acceptors (Lipinski definition) is 3. The van der Waals surface area contributed by atoms with Gasteiger partial charge < -0.3 is 15.2 Å². The van der Waals surface area contributed by atoms with E-state index in [2.05, 4.69) is 34.3 Å². The molecule has 0 unspecified atom stereocenters. The molecule has 1 aliphatic rings. The van der Waals surface area contributed by atoms with Crippen LogP contribution in [-0.2, 0) is 12.8 Å². The van der Waals surface area contributed by atoms with Crippen molar-refractivity contribution in [3.63, 3.8) is 0 Å². The fourth-order valence-corrected chi connectivity index (χ4v) is 2.22. The molecule has 2 heterocycles. The second kappa shape index (κ2) is 6.00. The summed E-state index contributed by atoms with van der Waals surface area (Å²) in [6.07, 6.45) is 5.09. The summed E-state index contributed by atoms with van der Waals surface area (Å²) in [4.78, 5) is 21.7. The highest BCUT2D eigenvalue weighted by molar-refractivity contribution is 5.93. The van der Waals surface area contributed by atoms with E-state index in [1.807, 2.05) is 0 Å². The van der Waals surface area contributed by atoms with Gasteiger partial charge in [0.15, 0.2) is 0 Å². The second-order valence-corrected chi connectivity index (χ2v) is 5.13. The molecule has 100 valence electrons. The van der Waals surface area contributed by atoms with Crippen LogP contribution in [0.15, 0.2) is 0 Å². The van der Waals surface area contributed by atoms with Gasteiger partial charge in [0.1, 0.15) is 11.5 Å². The van der Waals surface area contributed by atoms with Gasteiger partial charge >= 0.3 is 0 Å². The maximum absolute atomic E-state index is 11.7. The number of aromatic amines is 1. The van der Waals surface area contributed by atoms with Gasteiger partial charge in [-0.15, -0.1) is 0 Å². The molecule has 5 nitrogen and oxygen atoms in total. The van der Waals surface area contributed by atoms with E-state index in [0.717, 1.165) is 56.7 Å². The van der Waals surface area contributed by atoms with Gasteiger partial charge in [0.2, 0.25) is 0 Å². The number of nitrogens with one attached hydrogen (secondary N) is 2. The summed E-state index contributed by atoms with van der Waals surface area (Å²) >= 11 is 0. The van der Waals surface area contributed by atoms with E-state index in [4.69, 9.17) is 0 Å². The van der Waals surface area contributed by atoms with Gasteiger partial charge in [0.25, 0.3) is 5.91 Å². The largest absolute Gasteiger partial charge is 0.351 e. The normalized spacial score (nSPS) is 15.4. The van der Waals surface area contributed by atoms with Crippen LogP contribution >= 0.6 is 0 Å². The number of imidazole rings is 1. The first-order valence-corrected chi connectivity index (χ1v) is 6.67. The Morgan fingerprint density at radius 3 is 2.94 bits per heavy atom. The minimum atomic E-state index is -0.0294. The number of nitrogens with zero attached hydrogens (tertiary/aromatic N) is 2. The highest BCUT2D eigenvalue weighted by Crippen LogP contribution is 2.13. The molecule has 1 amide bonds. The molecule has 0 saturated heterocycles. The highest BCUT2D eigenvalue weighted by Gasteiger charge is 2.19. The maximum Gasteiger partial charge on any atom is 0.271 e. The van der Waals surface area contributed by atoms with Gasteiger partial charge in [-0.1, -0.05) is 0 Å². The molecule has 2 N–H and O–H groups in total. The molecule has 0 saturated carbocycles. The van der Waals surface area contributed by atoms with Crippen molar-refractivity contribution in [2.24, 2.45) is 0 Å². The summed E-state index contributed by atoms with van der Waals surface area (Å²) in [5.74, 6) is 0.925. The van der Waals surface area contributed by atoms with Crippen LogP contribution in [0.2, 0.25) is 0 Å². The lowest BCUT2D eigenvalue weighted by molar-refractivity contribution is 0.0951. The minimum absolute atomic E-state index is 0.0294. The van der Waals surface area contributed by atoms with Crippen molar-refractivity contribution in [3.05, 3.63) is 17.2 Å². The zero-order valence-electron chi connectivity index (χ0n) is 11.3. The fraction of sp³-hybridized carbons (Fsp3) is 0.692. The number of amides is 1. The number of rotatable bonds is 5. The van der Waals surface area contributed by atoms with Crippen LogP contribution in [0.1, 0.15) is 41.3 Å². The van der Waals surface area contributed by atoms with E-state index in [1.54, 1.807) is 0 Å². The van der Waals surface area contributed by atoms with Crippen LogP contribution in [0.3, 0.4) is 0 Å². The van der Waals surface area contributed by atoms with Crippen molar-refractivity contribution in [1.29, 1.82) is 0 Å². The highest BCUT2D eigenvalue weighted by atomic mass is 16.1. The zero-order valence-corrected chi connectivity index (χ0v) is 11.3. The number of carbonyl (C=O) groups excluding carboxylic acids is 1. The van der Waals surface area contributed by atoms with Gasteiger partial charge in [0, 0.05) is 18.7 Å². The Morgan fingerprint density at radius 1 is 1.33 bits per heavy atom. The molecule has 1 aliphatic heterocycles. The molecule has 2 rings (SSSR count). The van der Waals surface area contributed by atoms with E-state index in [-0.39, 0.29) is 5.91 Å². The van der Waals surface area contributed by atoms with Crippen molar-refractivity contribution in [3.8, 4) is 0 Å². The molecule has 0 aliphatic carbocycles. The monoisotopic (exact) mass is 250 g/mol. The van der Waals surface area contributed by atoms with Crippen LogP contribution in [-0.4, -0.2) is 48.0 Å². The lowest BCUT2D eigenvalue weighted by Crippen LogP contribution is -2.23. The first-order valence-electron chi connectivity index (χ1n) is 6.67. The minimum Gasteiger partial charge on any atom is -0.351 e. The predicted octanol–water partition coefficient (Wildman–Crippen LogP) is 0.970. The van der Waals surface area contributed by atoms with Gasteiger partial charge in [-0.3, -0.25) is 4.79 Å². The number of aromatic nitrogens is 2. The first-order chi connectivity index (χ1) is 8.66. The van der Waals surface area contributed by atoms with Gasteiger partial charge in [0.05, 0.1) is 0 Å². The molecule has 18 heavy (non-hydrogen) atoms. The third kappa shape index (κ3) is 3.32. The second-order valence-electron chi connectivity index (χ2n) is 5.13. The molecule has 0 bridgehead atoms. The number of fused-ring (bicyclic) bond motifs is 1.